The third-order valence-corrected chi connectivity index (χ3v) is 5.95. The van der Waals surface area contributed by atoms with Gasteiger partial charge in [-0.3, -0.25) is 0 Å². The van der Waals surface area contributed by atoms with Crippen LogP contribution in [0.25, 0.3) is 11.8 Å². The van der Waals surface area contributed by atoms with Crippen molar-refractivity contribution in [3.8, 4) is 0 Å². The monoisotopic (exact) mass is 360 g/mol. The van der Waals surface area contributed by atoms with E-state index in [9.17, 15) is 4.39 Å². The highest BCUT2D eigenvalue weighted by Gasteiger charge is 2.23. The first-order chi connectivity index (χ1) is 11.6. The molecule has 5 heteroatoms. The zero-order valence-corrected chi connectivity index (χ0v) is 15.0. The SMILES string of the molecule is CN1CCN(C2=Cc3cc(Cl)ccc3Sc3ccc(F)cc32)CC1. The molecule has 0 radical (unpaired) electrons. The number of hydrogen-bond acceptors (Lipinski definition) is 3. The molecule has 2 aliphatic rings. The van der Waals surface area contributed by atoms with Gasteiger partial charge >= 0.3 is 0 Å². The Morgan fingerprint density at radius 2 is 1.75 bits per heavy atom. The second-order valence-electron chi connectivity index (χ2n) is 6.24. The molecule has 2 nitrogen and oxygen atoms in total. The average Bonchev–Trinajstić information content (AvgIpc) is 2.72. The van der Waals surface area contributed by atoms with Crippen molar-refractivity contribution in [2.45, 2.75) is 9.79 Å². The van der Waals surface area contributed by atoms with E-state index in [-0.39, 0.29) is 5.82 Å². The van der Waals surface area contributed by atoms with Gasteiger partial charge in [-0.15, -0.1) is 0 Å². The maximum atomic E-state index is 13.9. The van der Waals surface area contributed by atoms with E-state index >= 15 is 0 Å². The molecule has 0 bridgehead atoms. The van der Waals surface area contributed by atoms with E-state index in [1.165, 1.54) is 6.07 Å². The predicted octanol–water partition coefficient (Wildman–Crippen LogP) is 4.69. The quantitative estimate of drug-likeness (QED) is 0.728. The van der Waals surface area contributed by atoms with E-state index in [0.717, 1.165) is 57.8 Å². The molecule has 4 rings (SSSR count). The third-order valence-electron chi connectivity index (χ3n) is 4.55. The number of likely N-dealkylation sites (N-methyl/N-ethyl adjacent to an activating group) is 1. The number of piperazine rings is 1. The summed E-state index contributed by atoms with van der Waals surface area (Å²) in [4.78, 5) is 6.91. The second-order valence-corrected chi connectivity index (χ2v) is 7.76. The molecule has 124 valence electrons. The van der Waals surface area contributed by atoms with Gasteiger partial charge in [0.1, 0.15) is 5.82 Å². The summed E-state index contributed by atoms with van der Waals surface area (Å²) in [6.07, 6.45) is 2.16. The molecule has 0 unspecified atom stereocenters. The lowest BCUT2D eigenvalue weighted by molar-refractivity contribution is 0.207. The molecule has 0 aromatic heterocycles. The number of rotatable bonds is 1. The lowest BCUT2D eigenvalue weighted by Gasteiger charge is -2.36. The Labute approximate surface area is 150 Å². The first-order valence-corrected chi connectivity index (χ1v) is 9.22. The molecule has 0 aliphatic carbocycles. The average molecular weight is 361 g/mol. The van der Waals surface area contributed by atoms with Crippen molar-refractivity contribution < 1.29 is 4.39 Å². The fourth-order valence-corrected chi connectivity index (χ4v) is 4.37. The van der Waals surface area contributed by atoms with Gasteiger partial charge in [-0.05, 0) is 55.1 Å². The Kier molecular flexibility index (Phi) is 4.29. The van der Waals surface area contributed by atoms with Gasteiger partial charge < -0.3 is 9.80 Å². The van der Waals surface area contributed by atoms with Crippen LogP contribution in [0, 0.1) is 5.82 Å². The van der Waals surface area contributed by atoms with Crippen LogP contribution in [0.3, 0.4) is 0 Å². The molecular weight excluding hydrogens is 343 g/mol. The number of hydrogen-bond donors (Lipinski definition) is 0. The van der Waals surface area contributed by atoms with E-state index < -0.39 is 0 Å². The van der Waals surface area contributed by atoms with Crippen molar-refractivity contribution in [1.29, 1.82) is 0 Å². The summed E-state index contributed by atoms with van der Waals surface area (Å²) in [5.41, 5.74) is 3.15. The predicted molar refractivity (Wildman–Crippen MR) is 98.9 cm³/mol. The smallest absolute Gasteiger partial charge is 0.123 e. The van der Waals surface area contributed by atoms with Gasteiger partial charge in [-0.1, -0.05) is 23.4 Å². The van der Waals surface area contributed by atoms with Crippen LogP contribution in [0.4, 0.5) is 4.39 Å². The summed E-state index contributed by atoms with van der Waals surface area (Å²) >= 11 is 7.87. The summed E-state index contributed by atoms with van der Waals surface area (Å²) in [5, 5.41) is 0.723. The zero-order valence-electron chi connectivity index (χ0n) is 13.4. The molecule has 0 saturated carbocycles. The maximum absolute atomic E-state index is 13.9. The van der Waals surface area contributed by atoms with Crippen LogP contribution in [-0.2, 0) is 0 Å². The molecule has 0 amide bonds. The van der Waals surface area contributed by atoms with Crippen LogP contribution in [0.1, 0.15) is 11.1 Å². The molecule has 0 atom stereocenters. The molecule has 2 aliphatic heterocycles. The van der Waals surface area contributed by atoms with Gasteiger partial charge in [0.05, 0.1) is 0 Å². The van der Waals surface area contributed by atoms with E-state index in [0.29, 0.717) is 0 Å². The molecule has 0 N–H and O–H groups in total. The Hall–Kier alpha value is -1.49. The van der Waals surface area contributed by atoms with Crippen molar-refractivity contribution in [3.05, 3.63) is 58.4 Å². The van der Waals surface area contributed by atoms with Crippen molar-refractivity contribution >= 4 is 35.1 Å². The van der Waals surface area contributed by atoms with Crippen molar-refractivity contribution in [2.24, 2.45) is 0 Å². The molecule has 2 aromatic carbocycles. The van der Waals surface area contributed by atoms with Crippen LogP contribution in [0.5, 0.6) is 0 Å². The van der Waals surface area contributed by atoms with Crippen LogP contribution >= 0.6 is 23.4 Å². The second kappa shape index (κ2) is 6.43. The number of benzene rings is 2. The Morgan fingerprint density at radius 1 is 1.00 bits per heavy atom. The Morgan fingerprint density at radius 3 is 2.54 bits per heavy atom. The number of halogens is 2. The third kappa shape index (κ3) is 3.06. The molecule has 2 aromatic rings. The standard InChI is InChI=1S/C19H18ClFN2S/c1-22-6-8-23(9-7-22)17-11-13-10-14(20)2-4-18(13)24-19-5-3-15(21)12-16(17)19/h2-5,10-12H,6-9H2,1H3. The molecular formula is C19H18ClFN2S. The normalized spacial score (nSPS) is 17.8. The molecule has 0 spiro atoms. The fourth-order valence-electron chi connectivity index (χ4n) is 3.17. The van der Waals surface area contributed by atoms with Gasteiger partial charge in [0.25, 0.3) is 0 Å². The number of fused-ring (bicyclic) bond motifs is 2. The Bertz CT molecular complexity index is 813. The summed E-state index contributed by atoms with van der Waals surface area (Å²) in [6.45, 7) is 3.91. The van der Waals surface area contributed by atoms with Crippen LogP contribution in [0.15, 0.2) is 46.2 Å². The van der Waals surface area contributed by atoms with Gasteiger partial charge in [-0.25, -0.2) is 4.39 Å². The highest BCUT2D eigenvalue weighted by atomic mass is 35.5. The van der Waals surface area contributed by atoms with Crippen LogP contribution < -0.4 is 0 Å². The summed E-state index contributed by atoms with van der Waals surface area (Å²) in [5.74, 6) is -0.196. The van der Waals surface area contributed by atoms with Crippen molar-refractivity contribution in [3.63, 3.8) is 0 Å². The largest absolute Gasteiger partial charge is 0.368 e. The van der Waals surface area contributed by atoms with Gasteiger partial charge in [-0.2, -0.15) is 0 Å². The van der Waals surface area contributed by atoms with E-state index in [4.69, 9.17) is 11.6 Å². The van der Waals surface area contributed by atoms with Crippen LogP contribution in [0.2, 0.25) is 5.02 Å². The highest BCUT2D eigenvalue weighted by Crippen LogP contribution is 2.42. The first kappa shape index (κ1) is 16.0. The molecule has 1 fully saturated rings. The fraction of sp³-hybridized carbons (Fsp3) is 0.263. The van der Waals surface area contributed by atoms with Gasteiger partial charge in [0.15, 0.2) is 0 Å². The maximum Gasteiger partial charge on any atom is 0.123 e. The highest BCUT2D eigenvalue weighted by molar-refractivity contribution is 7.99. The van der Waals surface area contributed by atoms with E-state index in [1.807, 2.05) is 24.3 Å². The first-order valence-electron chi connectivity index (χ1n) is 8.03. The van der Waals surface area contributed by atoms with Crippen LogP contribution in [-0.4, -0.2) is 43.0 Å². The van der Waals surface area contributed by atoms with Gasteiger partial charge in [0.2, 0.25) is 0 Å². The molecule has 1 saturated heterocycles. The molecule has 2 heterocycles. The zero-order chi connectivity index (χ0) is 16.7. The summed E-state index contributed by atoms with van der Waals surface area (Å²) in [6, 6.07) is 11.0. The van der Waals surface area contributed by atoms with Crippen molar-refractivity contribution in [1.82, 2.24) is 9.80 Å². The minimum absolute atomic E-state index is 0.196. The van der Waals surface area contributed by atoms with E-state index in [1.54, 1.807) is 17.8 Å². The number of nitrogens with zero attached hydrogens (tertiary/aromatic N) is 2. The topological polar surface area (TPSA) is 6.48 Å². The lowest BCUT2D eigenvalue weighted by Crippen LogP contribution is -2.43. The lowest BCUT2D eigenvalue weighted by atomic mass is 10.1. The minimum atomic E-state index is -0.196. The van der Waals surface area contributed by atoms with Gasteiger partial charge in [0, 0.05) is 52.3 Å². The van der Waals surface area contributed by atoms with Crippen molar-refractivity contribution in [2.75, 3.05) is 33.2 Å². The molecule has 24 heavy (non-hydrogen) atoms. The summed E-state index contributed by atoms with van der Waals surface area (Å²) < 4.78 is 13.9. The Balaban J connectivity index is 1.85. The van der Waals surface area contributed by atoms with E-state index in [2.05, 4.69) is 22.9 Å². The minimum Gasteiger partial charge on any atom is -0.368 e. The summed E-state index contributed by atoms with van der Waals surface area (Å²) in [7, 11) is 2.14.